The van der Waals surface area contributed by atoms with Gasteiger partial charge in [-0.15, -0.1) is 0 Å². The summed E-state index contributed by atoms with van der Waals surface area (Å²) in [4.78, 5) is 21.9. The lowest BCUT2D eigenvalue weighted by Crippen LogP contribution is -2.42. The number of hydrogen-bond acceptors (Lipinski definition) is 5. The number of carbonyl (C=O) groups is 1. The van der Waals surface area contributed by atoms with Crippen LogP contribution in [0.1, 0.15) is 17.5 Å². The predicted octanol–water partition coefficient (Wildman–Crippen LogP) is 4.40. The predicted molar refractivity (Wildman–Crippen MR) is 146 cm³/mol. The highest BCUT2D eigenvalue weighted by Gasteiger charge is 2.49. The third kappa shape index (κ3) is 5.62. The first kappa shape index (κ1) is 26.7. The van der Waals surface area contributed by atoms with Crippen molar-refractivity contribution in [3.63, 3.8) is 0 Å². The van der Waals surface area contributed by atoms with Gasteiger partial charge in [-0.1, -0.05) is 30.3 Å². The summed E-state index contributed by atoms with van der Waals surface area (Å²) in [5, 5.41) is 11.5. The van der Waals surface area contributed by atoms with Crippen molar-refractivity contribution in [3.8, 4) is 5.75 Å². The Hall–Kier alpha value is -3.88. The van der Waals surface area contributed by atoms with Crippen molar-refractivity contribution < 1.29 is 23.4 Å². The molecular weight excluding hydrogens is 500 g/mol. The number of hydrogen-bond donors (Lipinski definition) is 1. The zero-order valence-corrected chi connectivity index (χ0v) is 21.8. The molecule has 1 aliphatic rings. The number of pyridine rings is 1. The van der Waals surface area contributed by atoms with Gasteiger partial charge in [-0.25, -0.2) is 8.78 Å². The summed E-state index contributed by atoms with van der Waals surface area (Å²) in [5.41, 5.74) is 1.20. The summed E-state index contributed by atoms with van der Waals surface area (Å²) in [6, 6.07) is 21.3. The maximum atomic E-state index is 13.8. The van der Waals surface area contributed by atoms with E-state index in [0.29, 0.717) is 49.5 Å². The molecule has 2 heterocycles. The Morgan fingerprint density at radius 3 is 2.33 bits per heavy atom. The summed E-state index contributed by atoms with van der Waals surface area (Å²) in [5.74, 6) is -0.182. The van der Waals surface area contributed by atoms with Crippen molar-refractivity contribution in [2.45, 2.75) is 17.9 Å². The molecule has 4 aromatic rings. The lowest BCUT2D eigenvalue weighted by atomic mass is 9.73. The Morgan fingerprint density at radius 2 is 1.67 bits per heavy atom. The number of likely N-dealkylation sites (N-methyl/N-ethyl adjacent to an activating group) is 1. The fraction of sp³-hybridized carbons (Fsp3) is 0.290. The maximum Gasteiger partial charge on any atom is 0.237 e. The van der Waals surface area contributed by atoms with Crippen LogP contribution in [0, 0.1) is 11.6 Å². The number of nitrogens with zero attached hydrogens (tertiary/aromatic N) is 3. The van der Waals surface area contributed by atoms with Crippen molar-refractivity contribution in [1.82, 2.24) is 14.8 Å². The Bertz CT molecular complexity index is 1380. The van der Waals surface area contributed by atoms with Gasteiger partial charge in [-0.3, -0.25) is 9.78 Å². The number of aromatic nitrogens is 1. The molecule has 5 rings (SSSR count). The first-order chi connectivity index (χ1) is 18.9. The molecule has 0 spiro atoms. The minimum Gasteiger partial charge on any atom is -0.490 e. The summed E-state index contributed by atoms with van der Waals surface area (Å²) >= 11 is 0. The van der Waals surface area contributed by atoms with E-state index >= 15 is 0 Å². The molecule has 1 atom stereocenters. The van der Waals surface area contributed by atoms with Crippen LogP contribution in [0.15, 0.2) is 85.1 Å². The lowest BCUT2D eigenvalue weighted by molar-refractivity contribution is -0.131. The third-order valence-electron chi connectivity index (χ3n) is 7.39. The van der Waals surface area contributed by atoms with Gasteiger partial charge in [-0.05, 0) is 73.1 Å². The van der Waals surface area contributed by atoms with E-state index in [0.717, 1.165) is 10.9 Å². The highest BCUT2D eigenvalue weighted by molar-refractivity contribution is 5.94. The second-order valence-electron chi connectivity index (χ2n) is 10.0. The Morgan fingerprint density at radius 1 is 1.00 bits per heavy atom. The van der Waals surface area contributed by atoms with Gasteiger partial charge in [0.1, 0.15) is 35.5 Å². The molecular formula is C31H31F2N3O3. The van der Waals surface area contributed by atoms with Crippen molar-refractivity contribution in [2.75, 3.05) is 39.8 Å². The minimum atomic E-state index is -0.999. The molecule has 1 fully saturated rings. The summed E-state index contributed by atoms with van der Waals surface area (Å²) in [6.07, 6.45) is 1.50. The van der Waals surface area contributed by atoms with E-state index in [1.54, 1.807) is 35.4 Å². The first-order valence-corrected chi connectivity index (χ1v) is 13.0. The molecule has 1 aliphatic heterocycles. The van der Waals surface area contributed by atoms with Crippen molar-refractivity contribution >= 4 is 16.8 Å². The van der Waals surface area contributed by atoms with Gasteiger partial charge in [0.05, 0.1) is 5.52 Å². The average Bonchev–Trinajstić information content (AvgIpc) is 3.28. The lowest BCUT2D eigenvalue weighted by Gasteiger charge is -2.30. The number of rotatable bonds is 10. The van der Waals surface area contributed by atoms with Crippen LogP contribution in [0.5, 0.6) is 5.75 Å². The zero-order valence-electron chi connectivity index (χ0n) is 21.8. The Labute approximate surface area is 226 Å². The molecule has 1 amide bonds. The van der Waals surface area contributed by atoms with Crippen molar-refractivity contribution in [3.05, 3.63) is 108 Å². The minimum absolute atomic E-state index is 0.0948. The molecule has 0 radical (unpaired) electrons. The highest BCUT2D eigenvalue weighted by Crippen LogP contribution is 2.42. The molecule has 1 N–H and O–H groups in total. The number of carbonyl (C=O) groups excluding carboxylic acids is 1. The average molecular weight is 532 g/mol. The Kier molecular flexibility index (Phi) is 7.86. The molecule has 0 bridgehead atoms. The Balaban J connectivity index is 1.21. The van der Waals surface area contributed by atoms with Gasteiger partial charge in [0.2, 0.25) is 5.91 Å². The molecule has 1 unspecified atom stereocenters. The van der Waals surface area contributed by atoms with Crippen LogP contribution in [0.4, 0.5) is 8.78 Å². The quantitative estimate of drug-likeness (QED) is 0.329. The van der Waals surface area contributed by atoms with Crippen LogP contribution in [0.3, 0.4) is 0 Å². The largest absolute Gasteiger partial charge is 0.490 e. The second-order valence-corrected chi connectivity index (χ2v) is 10.0. The number of ether oxygens (including phenoxy) is 1. The maximum absolute atomic E-state index is 13.8. The van der Waals surface area contributed by atoms with E-state index < -0.39 is 11.5 Å². The first-order valence-electron chi connectivity index (χ1n) is 13.0. The fourth-order valence-electron chi connectivity index (χ4n) is 5.35. The van der Waals surface area contributed by atoms with Gasteiger partial charge < -0.3 is 19.6 Å². The van der Waals surface area contributed by atoms with Crippen molar-refractivity contribution in [1.29, 1.82) is 0 Å². The summed E-state index contributed by atoms with van der Waals surface area (Å²) < 4.78 is 33.2. The molecule has 202 valence electrons. The number of aliphatic hydroxyl groups excluding tert-OH is 1. The molecule has 0 aliphatic carbocycles. The smallest absolute Gasteiger partial charge is 0.237 e. The van der Waals surface area contributed by atoms with E-state index in [4.69, 9.17) is 4.74 Å². The number of likely N-dealkylation sites (tertiary alicyclic amines) is 1. The van der Waals surface area contributed by atoms with Crippen LogP contribution in [-0.4, -0.2) is 71.7 Å². The van der Waals surface area contributed by atoms with E-state index in [1.807, 2.05) is 42.3 Å². The number of amides is 1. The summed E-state index contributed by atoms with van der Waals surface area (Å²) in [7, 11) is 1.89. The van der Waals surface area contributed by atoms with Crippen molar-refractivity contribution in [2.24, 2.45) is 0 Å². The second kappa shape index (κ2) is 11.5. The van der Waals surface area contributed by atoms with E-state index in [2.05, 4.69) is 4.98 Å². The van der Waals surface area contributed by atoms with Crippen LogP contribution in [0.2, 0.25) is 0 Å². The van der Waals surface area contributed by atoms with Crippen LogP contribution >= 0.6 is 0 Å². The summed E-state index contributed by atoms with van der Waals surface area (Å²) in [6.45, 7) is 2.01. The number of aliphatic hydroxyl groups is 1. The molecule has 3 aromatic carbocycles. The van der Waals surface area contributed by atoms with Gasteiger partial charge in [0, 0.05) is 37.8 Å². The van der Waals surface area contributed by atoms with Gasteiger partial charge in [-0.2, -0.15) is 0 Å². The van der Waals surface area contributed by atoms with Crippen LogP contribution < -0.4 is 4.74 Å². The molecule has 1 saturated heterocycles. The molecule has 39 heavy (non-hydrogen) atoms. The van der Waals surface area contributed by atoms with Gasteiger partial charge in [0.25, 0.3) is 0 Å². The number of fused-ring (bicyclic) bond motifs is 1. The monoisotopic (exact) mass is 531 g/mol. The van der Waals surface area contributed by atoms with Gasteiger partial charge in [0.15, 0.2) is 0 Å². The molecule has 1 aromatic heterocycles. The fourth-order valence-corrected chi connectivity index (χ4v) is 5.35. The van der Waals surface area contributed by atoms with E-state index in [9.17, 15) is 18.7 Å². The SMILES string of the molecule is CN(CCN1CCC(c2ccc(F)cc2)(c2ccc(F)cc2)C1=O)CC(O)COc1cccc2ncccc12. The zero-order chi connectivity index (χ0) is 27.4. The number of benzene rings is 3. The van der Waals surface area contributed by atoms with Crippen LogP contribution in [-0.2, 0) is 10.2 Å². The molecule has 6 nitrogen and oxygen atoms in total. The standard InChI is InChI=1S/C31H31F2N3O3/c1-35(20-26(37)21-39-29-6-2-5-28-27(29)4-3-16-34-28)18-19-36-17-15-31(30(36)38,22-7-11-24(32)12-8-22)23-9-13-25(33)14-10-23/h2-14,16,26,37H,15,17-21H2,1H3. The normalized spacial score (nSPS) is 15.7. The van der Waals surface area contributed by atoms with Crippen LogP contribution in [0.25, 0.3) is 10.9 Å². The van der Waals surface area contributed by atoms with E-state index in [1.165, 1.54) is 24.3 Å². The number of halogens is 2. The van der Waals surface area contributed by atoms with Gasteiger partial charge >= 0.3 is 0 Å². The molecule has 8 heteroatoms. The molecule has 0 saturated carbocycles. The highest BCUT2D eigenvalue weighted by atomic mass is 19.1. The third-order valence-corrected chi connectivity index (χ3v) is 7.39. The van der Waals surface area contributed by atoms with E-state index in [-0.39, 0.29) is 24.1 Å². The topological polar surface area (TPSA) is 65.9 Å².